The number of carbonyl (C=O) groups is 1. The predicted octanol–water partition coefficient (Wildman–Crippen LogP) is 5.68. The predicted molar refractivity (Wildman–Crippen MR) is 148 cm³/mol. The Morgan fingerprint density at radius 3 is 2.43 bits per heavy atom. The van der Waals surface area contributed by atoms with Crippen molar-refractivity contribution < 1.29 is 9.53 Å². The van der Waals surface area contributed by atoms with Gasteiger partial charge in [-0.05, 0) is 59.4 Å². The lowest BCUT2D eigenvalue weighted by molar-refractivity contribution is 0.0342. The van der Waals surface area contributed by atoms with Crippen LogP contribution in [-0.4, -0.2) is 46.6 Å². The summed E-state index contributed by atoms with van der Waals surface area (Å²) in [4.78, 5) is 20.0. The van der Waals surface area contributed by atoms with Gasteiger partial charge in [-0.1, -0.05) is 54.9 Å². The van der Waals surface area contributed by atoms with Crippen LogP contribution in [0, 0.1) is 6.92 Å². The molecule has 37 heavy (non-hydrogen) atoms. The molecule has 1 aliphatic heterocycles. The smallest absolute Gasteiger partial charge is 0.320 e. The van der Waals surface area contributed by atoms with Gasteiger partial charge < -0.3 is 10.1 Å². The summed E-state index contributed by atoms with van der Waals surface area (Å²) in [6, 6.07) is 18.0. The number of nitrogens with zero attached hydrogens (tertiary/aromatic N) is 3. The third-order valence-corrected chi connectivity index (χ3v) is 6.96. The van der Waals surface area contributed by atoms with Crippen LogP contribution >= 0.6 is 11.6 Å². The molecule has 7 nitrogen and oxygen atoms in total. The molecule has 2 amide bonds. The van der Waals surface area contributed by atoms with Crippen LogP contribution in [0.25, 0.3) is 16.8 Å². The fourth-order valence-electron chi connectivity index (χ4n) is 4.65. The third kappa shape index (κ3) is 5.96. The van der Waals surface area contributed by atoms with Crippen LogP contribution in [0.1, 0.15) is 29.3 Å². The van der Waals surface area contributed by atoms with Gasteiger partial charge in [0, 0.05) is 37.4 Å². The Bertz CT molecular complexity index is 1380. The van der Waals surface area contributed by atoms with Gasteiger partial charge in [0.15, 0.2) is 0 Å². The molecule has 1 aliphatic rings. The minimum Gasteiger partial charge on any atom is -0.379 e. The maximum absolute atomic E-state index is 12.8. The molecule has 1 fully saturated rings. The van der Waals surface area contributed by atoms with Crippen LogP contribution in [0.5, 0.6) is 0 Å². The summed E-state index contributed by atoms with van der Waals surface area (Å²) in [7, 11) is 0. The number of rotatable bonds is 7. The first-order chi connectivity index (χ1) is 18.0. The van der Waals surface area contributed by atoms with Gasteiger partial charge in [-0.25, -0.2) is 9.78 Å². The zero-order valence-corrected chi connectivity index (χ0v) is 22.0. The number of benzene rings is 2. The summed E-state index contributed by atoms with van der Waals surface area (Å²) in [6.45, 7) is 8.99. The number of fused-ring (bicyclic) bond motifs is 1. The first kappa shape index (κ1) is 25.3. The number of morpholine rings is 1. The third-order valence-electron chi connectivity index (χ3n) is 6.71. The van der Waals surface area contributed by atoms with Gasteiger partial charge in [-0.2, -0.15) is 0 Å². The number of hydrogen-bond donors (Lipinski definition) is 2. The van der Waals surface area contributed by atoms with Crippen LogP contribution < -0.4 is 10.6 Å². The fraction of sp³-hybridized carbons (Fsp3) is 0.310. The molecule has 0 aliphatic carbocycles. The number of ether oxygens (including phenoxy) is 1. The van der Waals surface area contributed by atoms with Crippen molar-refractivity contribution in [1.82, 2.24) is 19.6 Å². The largest absolute Gasteiger partial charge is 0.379 e. The number of amides is 2. The summed E-state index contributed by atoms with van der Waals surface area (Å²) in [5, 5.41) is 6.63. The van der Waals surface area contributed by atoms with Crippen molar-refractivity contribution in [2.75, 3.05) is 31.6 Å². The molecule has 0 radical (unpaired) electrons. The maximum atomic E-state index is 12.8. The lowest BCUT2D eigenvalue weighted by Gasteiger charge is -2.26. The van der Waals surface area contributed by atoms with Crippen molar-refractivity contribution >= 4 is 29.1 Å². The number of carbonyl (C=O) groups excluding carboxylic acids is 1. The van der Waals surface area contributed by atoms with Crippen LogP contribution in [0.4, 0.5) is 10.6 Å². The van der Waals surface area contributed by atoms with Gasteiger partial charge in [-0.3, -0.25) is 14.6 Å². The van der Waals surface area contributed by atoms with E-state index in [0.717, 1.165) is 66.4 Å². The zero-order chi connectivity index (χ0) is 25.8. The van der Waals surface area contributed by atoms with E-state index in [1.54, 1.807) is 0 Å². The molecule has 3 heterocycles. The number of pyridine rings is 1. The lowest BCUT2D eigenvalue weighted by atomic mass is 10.0. The van der Waals surface area contributed by atoms with Crippen molar-refractivity contribution in [3.8, 4) is 11.1 Å². The molecule has 0 saturated carbocycles. The molecule has 0 atom stereocenters. The molecule has 1 saturated heterocycles. The van der Waals surface area contributed by atoms with Gasteiger partial charge in [0.25, 0.3) is 0 Å². The molecule has 192 valence electrons. The molecule has 2 aromatic heterocycles. The molecule has 2 N–H and O–H groups in total. The molecule has 5 rings (SSSR count). The highest BCUT2D eigenvalue weighted by Crippen LogP contribution is 2.28. The van der Waals surface area contributed by atoms with E-state index in [4.69, 9.17) is 21.3 Å². The van der Waals surface area contributed by atoms with Gasteiger partial charge in [-0.15, -0.1) is 0 Å². The Balaban J connectivity index is 1.36. The highest BCUT2D eigenvalue weighted by molar-refractivity contribution is 6.30. The van der Waals surface area contributed by atoms with Crippen molar-refractivity contribution in [3.63, 3.8) is 0 Å². The van der Waals surface area contributed by atoms with E-state index in [1.165, 1.54) is 5.56 Å². The number of urea groups is 1. The first-order valence-corrected chi connectivity index (χ1v) is 13.1. The van der Waals surface area contributed by atoms with Crippen LogP contribution in [0.2, 0.25) is 5.02 Å². The average Bonchev–Trinajstić information content (AvgIpc) is 3.27. The number of hydrogen-bond acceptors (Lipinski definition) is 4. The molecular weight excluding hydrogens is 486 g/mol. The van der Waals surface area contributed by atoms with Gasteiger partial charge in [0.1, 0.15) is 11.5 Å². The number of anilines is 1. The molecule has 4 aromatic rings. The Hall–Kier alpha value is -3.39. The van der Waals surface area contributed by atoms with Gasteiger partial charge in [0.05, 0.1) is 18.9 Å². The first-order valence-electron chi connectivity index (χ1n) is 12.7. The summed E-state index contributed by atoms with van der Waals surface area (Å²) >= 11 is 5.96. The van der Waals surface area contributed by atoms with Gasteiger partial charge in [0.2, 0.25) is 0 Å². The quantitative estimate of drug-likeness (QED) is 0.331. The highest BCUT2D eigenvalue weighted by atomic mass is 35.5. The molecule has 0 bridgehead atoms. The van der Waals surface area contributed by atoms with E-state index in [0.29, 0.717) is 23.8 Å². The lowest BCUT2D eigenvalue weighted by Crippen LogP contribution is -2.35. The van der Waals surface area contributed by atoms with E-state index in [1.807, 2.05) is 35.6 Å². The number of halogens is 1. The Morgan fingerprint density at radius 1 is 1.03 bits per heavy atom. The monoisotopic (exact) mass is 517 g/mol. The van der Waals surface area contributed by atoms with E-state index in [-0.39, 0.29) is 6.03 Å². The van der Waals surface area contributed by atoms with E-state index in [2.05, 4.69) is 59.0 Å². The van der Waals surface area contributed by atoms with E-state index in [9.17, 15) is 4.79 Å². The van der Waals surface area contributed by atoms with Crippen LogP contribution in [0.3, 0.4) is 0 Å². The second kappa shape index (κ2) is 11.3. The summed E-state index contributed by atoms with van der Waals surface area (Å²) in [6.07, 6.45) is 2.76. The van der Waals surface area contributed by atoms with Crippen molar-refractivity contribution in [1.29, 1.82) is 0 Å². The molecular formula is C29H32ClN5O2. The fourth-order valence-corrected chi connectivity index (χ4v) is 4.78. The minimum absolute atomic E-state index is 0.276. The van der Waals surface area contributed by atoms with Crippen molar-refractivity contribution in [2.45, 2.75) is 33.4 Å². The standard InChI is InChI=1S/C29H32ClN5O2/c1-3-26-28(33-29(36)31-17-21-6-10-25(30)11-7-21)35-19-24(16-20(2)27(35)32-26)23-8-4-22(5-9-23)18-34-12-14-37-15-13-34/h4-11,16,19H,3,12-15,17-18H2,1-2H3,(H2,31,33,36). The van der Waals surface area contributed by atoms with Crippen molar-refractivity contribution in [3.05, 3.63) is 88.2 Å². The minimum atomic E-state index is -0.276. The van der Waals surface area contributed by atoms with E-state index >= 15 is 0 Å². The molecule has 0 spiro atoms. The second-order valence-electron chi connectivity index (χ2n) is 9.39. The Labute approximate surface area is 222 Å². The summed E-state index contributed by atoms with van der Waals surface area (Å²) < 4.78 is 7.45. The molecule has 8 heteroatoms. The normalized spacial score (nSPS) is 14.1. The molecule has 2 aromatic carbocycles. The molecule has 0 unspecified atom stereocenters. The Kier molecular flexibility index (Phi) is 7.74. The van der Waals surface area contributed by atoms with E-state index < -0.39 is 0 Å². The zero-order valence-electron chi connectivity index (χ0n) is 21.3. The summed E-state index contributed by atoms with van der Waals surface area (Å²) in [5.41, 5.74) is 7.22. The number of aryl methyl sites for hydroxylation is 2. The average molecular weight is 518 g/mol. The number of nitrogens with one attached hydrogen (secondary N) is 2. The van der Waals surface area contributed by atoms with Crippen LogP contribution in [0.15, 0.2) is 60.8 Å². The summed E-state index contributed by atoms with van der Waals surface area (Å²) in [5.74, 6) is 0.694. The van der Waals surface area contributed by atoms with Gasteiger partial charge >= 0.3 is 6.03 Å². The highest BCUT2D eigenvalue weighted by Gasteiger charge is 2.17. The van der Waals surface area contributed by atoms with Crippen LogP contribution in [-0.2, 0) is 24.2 Å². The maximum Gasteiger partial charge on any atom is 0.320 e. The van der Waals surface area contributed by atoms with Crippen molar-refractivity contribution in [2.24, 2.45) is 0 Å². The topological polar surface area (TPSA) is 70.9 Å². The number of aromatic nitrogens is 2. The Morgan fingerprint density at radius 2 is 1.73 bits per heavy atom. The number of imidazole rings is 1. The SMILES string of the molecule is CCc1nc2c(C)cc(-c3ccc(CN4CCOCC4)cc3)cn2c1NC(=O)NCc1ccc(Cl)cc1. The second-order valence-corrected chi connectivity index (χ2v) is 9.82.